The van der Waals surface area contributed by atoms with Crippen molar-refractivity contribution in [1.82, 2.24) is 9.55 Å². The van der Waals surface area contributed by atoms with Gasteiger partial charge >= 0.3 is 0 Å². The number of para-hydroxylation sites is 1. The molecule has 0 unspecified atom stereocenters. The number of nitrogens with one attached hydrogen (secondary N) is 1. The Morgan fingerprint density at radius 2 is 1.77 bits per heavy atom. The summed E-state index contributed by atoms with van der Waals surface area (Å²) in [5.74, 6) is 0.0207. The highest BCUT2D eigenvalue weighted by atomic mass is 32.2. The molecule has 0 spiro atoms. The molecule has 5 nitrogen and oxygen atoms in total. The van der Waals surface area contributed by atoms with Crippen LogP contribution in [0.5, 0.6) is 0 Å². The Balaban J connectivity index is 1.61. The topological polar surface area (TPSA) is 64.0 Å². The Kier molecular flexibility index (Phi) is 5.95. The molecule has 0 atom stereocenters. The van der Waals surface area contributed by atoms with Crippen LogP contribution in [0.3, 0.4) is 0 Å². The van der Waals surface area contributed by atoms with Crippen LogP contribution in [-0.4, -0.2) is 21.2 Å². The van der Waals surface area contributed by atoms with E-state index in [9.17, 15) is 9.59 Å². The van der Waals surface area contributed by atoms with Gasteiger partial charge in [0.25, 0.3) is 5.56 Å². The Hall–Kier alpha value is -3.38. The smallest absolute Gasteiger partial charge is 0.262 e. The monoisotopic (exact) mass is 415 g/mol. The first-order valence-corrected chi connectivity index (χ1v) is 10.6. The number of fused-ring (bicyclic) bond motifs is 1. The van der Waals surface area contributed by atoms with Crippen LogP contribution in [0.4, 0.5) is 5.69 Å². The minimum Gasteiger partial charge on any atom is -0.325 e. The van der Waals surface area contributed by atoms with E-state index < -0.39 is 0 Å². The van der Waals surface area contributed by atoms with Gasteiger partial charge in [0.1, 0.15) is 0 Å². The second-order valence-corrected chi connectivity index (χ2v) is 7.94. The fourth-order valence-corrected chi connectivity index (χ4v) is 4.01. The van der Waals surface area contributed by atoms with E-state index in [1.807, 2.05) is 79.7 Å². The number of amides is 1. The Morgan fingerprint density at radius 1 is 1.00 bits per heavy atom. The van der Waals surface area contributed by atoms with E-state index in [0.717, 1.165) is 16.8 Å². The normalized spacial score (nSPS) is 10.8. The lowest BCUT2D eigenvalue weighted by atomic mass is 10.2. The maximum atomic E-state index is 13.1. The molecule has 3 aromatic carbocycles. The number of aromatic nitrogens is 2. The minimum atomic E-state index is -0.140. The molecule has 0 saturated heterocycles. The summed E-state index contributed by atoms with van der Waals surface area (Å²) >= 11 is 1.27. The van der Waals surface area contributed by atoms with Crippen LogP contribution in [0.1, 0.15) is 11.1 Å². The highest BCUT2D eigenvalue weighted by Crippen LogP contribution is 2.20. The number of carbonyl (C=O) groups is 1. The van der Waals surface area contributed by atoms with Crippen molar-refractivity contribution in [2.75, 3.05) is 11.1 Å². The number of anilines is 1. The van der Waals surface area contributed by atoms with Crippen LogP contribution in [0.25, 0.3) is 10.9 Å². The second kappa shape index (κ2) is 8.97. The number of benzene rings is 3. The van der Waals surface area contributed by atoms with Gasteiger partial charge in [0.05, 0.1) is 23.2 Å². The maximum absolute atomic E-state index is 13.1. The zero-order valence-corrected chi connectivity index (χ0v) is 17.4. The average molecular weight is 416 g/mol. The Morgan fingerprint density at radius 3 is 2.57 bits per heavy atom. The summed E-state index contributed by atoms with van der Waals surface area (Å²) in [7, 11) is 0. The molecule has 1 N–H and O–H groups in total. The lowest BCUT2D eigenvalue weighted by molar-refractivity contribution is -0.113. The van der Waals surface area contributed by atoms with Crippen molar-refractivity contribution >= 4 is 34.3 Å². The highest BCUT2D eigenvalue weighted by molar-refractivity contribution is 7.99. The van der Waals surface area contributed by atoms with Gasteiger partial charge in [-0.05, 0) is 42.3 Å². The summed E-state index contributed by atoms with van der Waals surface area (Å²) in [4.78, 5) is 30.3. The first-order valence-electron chi connectivity index (χ1n) is 9.63. The molecule has 0 radical (unpaired) electrons. The zero-order valence-electron chi connectivity index (χ0n) is 16.5. The Labute approximate surface area is 178 Å². The molecule has 6 heteroatoms. The molecular weight excluding hydrogens is 394 g/mol. The van der Waals surface area contributed by atoms with Gasteiger partial charge in [-0.1, -0.05) is 66.4 Å². The average Bonchev–Trinajstić information content (AvgIpc) is 2.75. The first kappa shape index (κ1) is 19.9. The predicted octanol–water partition coefficient (Wildman–Crippen LogP) is 4.48. The third-order valence-electron chi connectivity index (χ3n) is 4.64. The van der Waals surface area contributed by atoms with Gasteiger partial charge in [-0.15, -0.1) is 0 Å². The molecule has 0 fully saturated rings. The summed E-state index contributed by atoms with van der Waals surface area (Å²) in [5, 5.41) is 4.00. The summed E-state index contributed by atoms with van der Waals surface area (Å²) < 4.78 is 1.64. The quantitative estimate of drug-likeness (QED) is 0.372. The third kappa shape index (κ3) is 4.60. The molecule has 4 rings (SSSR count). The fraction of sp³-hybridized carbons (Fsp3) is 0.125. The number of hydrogen-bond donors (Lipinski definition) is 1. The van der Waals surface area contributed by atoms with E-state index in [-0.39, 0.29) is 17.2 Å². The van der Waals surface area contributed by atoms with E-state index in [2.05, 4.69) is 10.3 Å². The summed E-state index contributed by atoms with van der Waals surface area (Å²) in [6.07, 6.45) is 0. The highest BCUT2D eigenvalue weighted by Gasteiger charge is 2.14. The number of rotatable bonds is 6. The molecule has 1 aromatic heterocycles. The molecular formula is C24H21N3O2S. The standard InChI is InChI=1S/C24H21N3O2S/c1-17-8-7-11-19(14-17)25-22(28)16-30-24-26-21-13-6-5-12-20(21)23(29)27(24)15-18-9-3-2-4-10-18/h2-14H,15-16H2,1H3,(H,25,28). The summed E-state index contributed by atoms with van der Waals surface area (Å²) in [6, 6.07) is 24.7. The molecule has 0 aliphatic rings. The second-order valence-electron chi connectivity index (χ2n) is 6.99. The summed E-state index contributed by atoms with van der Waals surface area (Å²) in [6.45, 7) is 2.38. The minimum absolute atomic E-state index is 0.106. The van der Waals surface area contributed by atoms with Crippen LogP contribution in [-0.2, 0) is 11.3 Å². The molecule has 30 heavy (non-hydrogen) atoms. The molecule has 1 amide bonds. The van der Waals surface area contributed by atoms with Crippen molar-refractivity contribution in [3.05, 3.63) is 100 Å². The zero-order chi connectivity index (χ0) is 20.9. The van der Waals surface area contributed by atoms with Gasteiger partial charge in [0, 0.05) is 5.69 Å². The number of carbonyl (C=O) groups excluding carboxylic acids is 1. The number of hydrogen-bond acceptors (Lipinski definition) is 4. The maximum Gasteiger partial charge on any atom is 0.262 e. The lowest BCUT2D eigenvalue weighted by Crippen LogP contribution is -2.24. The van der Waals surface area contributed by atoms with Gasteiger partial charge in [-0.3, -0.25) is 14.2 Å². The van der Waals surface area contributed by atoms with Gasteiger partial charge in [0.15, 0.2) is 5.16 Å². The van der Waals surface area contributed by atoms with Crippen LogP contribution in [0.15, 0.2) is 88.8 Å². The van der Waals surface area contributed by atoms with Gasteiger partial charge in [-0.25, -0.2) is 4.98 Å². The summed E-state index contributed by atoms with van der Waals surface area (Å²) in [5.41, 5.74) is 3.37. The van der Waals surface area contributed by atoms with E-state index in [1.54, 1.807) is 10.6 Å². The van der Waals surface area contributed by atoms with Crippen molar-refractivity contribution in [3.63, 3.8) is 0 Å². The molecule has 150 valence electrons. The van der Waals surface area contributed by atoms with Crippen LogP contribution >= 0.6 is 11.8 Å². The number of aryl methyl sites for hydroxylation is 1. The van der Waals surface area contributed by atoms with Crippen molar-refractivity contribution in [3.8, 4) is 0 Å². The molecule has 0 aliphatic heterocycles. The van der Waals surface area contributed by atoms with E-state index >= 15 is 0 Å². The lowest BCUT2D eigenvalue weighted by Gasteiger charge is -2.13. The fourth-order valence-electron chi connectivity index (χ4n) is 3.21. The number of thioether (sulfide) groups is 1. The van der Waals surface area contributed by atoms with E-state index in [0.29, 0.717) is 22.6 Å². The van der Waals surface area contributed by atoms with E-state index in [4.69, 9.17) is 0 Å². The van der Waals surface area contributed by atoms with Crippen molar-refractivity contribution in [2.45, 2.75) is 18.6 Å². The number of nitrogens with zero attached hydrogens (tertiary/aromatic N) is 2. The SMILES string of the molecule is Cc1cccc(NC(=O)CSc2nc3ccccc3c(=O)n2Cc2ccccc2)c1. The first-order chi connectivity index (χ1) is 14.6. The molecule has 4 aromatic rings. The predicted molar refractivity (Wildman–Crippen MR) is 122 cm³/mol. The third-order valence-corrected chi connectivity index (χ3v) is 5.62. The molecule has 0 bridgehead atoms. The van der Waals surface area contributed by atoms with Crippen molar-refractivity contribution in [1.29, 1.82) is 0 Å². The molecule has 1 heterocycles. The van der Waals surface area contributed by atoms with Crippen molar-refractivity contribution in [2.24, 2.45) is 0 Å². The van der Waals surface area contributed by atoms with Crippen LogP contribution in [0, 0.1) is 6.92 Å². The van der Waals surface area contributed by atoms with Gasteiger partial charge in [-0.2, -0.15) is 0 Å². The van der Waals surface area contributed by atoms with Gasteiger partial charge in [0.2, 0.25) is 5.91 Å². The Bertz CT molecular complexity index is 1250. The molecule has 0 saturated carbocycles. The van der Waals surface area contributed by atoms with Crippen LogP contribution < -0.4 is 10.9 Å². The van der Waals surface area contributed by atoms with E-state index in [1.165, 1.54) is 11.8 Å². The molecule has 0 aliphatic carbocycles. The largest absolute Gasteiger partial charge is 0.325 e. The van der Waals surface area contributed by atoms with Crippen molar-refractivity contribution < 1.29 is 4.79 Å². The van der Waals surface area contributed by atoms with Gasteiger partial charge < -0.3 is 5.32 Å². The van der Waals surface area contributed by atoms with Crippen LogP contribution in [0.2, 0.25) is 0 Å².